The number of rotatable bonds is 6. The predicted octanol–water partition coefficient (Wildman–Crippen LogP) is 3.64. The van der Waals surface area contributed by atoms with Crippen LogP contribution in [0.1, 0.15) is 25.7 Å². The Balaban J connectivity index is 1.89. The molecule has 5 nitrogen and oxygen atoms in total. The summed E-state index contributed by atoms with van der Waals surface area (Å²) in [5.41, 5.74) is 0.756. The van der Waals surface area contributed by atoms with Gasteiger partial charge in [0.2, 0.25) is 0 Å². The molecule has 2 aromatic rings. The highest BCUT2D eigenvalue weighted by atomic mass is 32.2. The number of aliphatic hydroxyl groups excluding tert-OH is 1. The van der Waals surface area contributed by atoms with E-state index < -0.39 is 6.10 Å². The minimum absolute atomic E-state index is 0.0822. The number of para-hydroxylation sites is 1. The Morgan fingerprint density at radius 3 is 2.73 bits per heavy atom. The lowest BCUT2D eigenvalue weighted by Crippen LogP contribution is -2.32. The van der Waals surface area contributed by atoms with Crippen LogP contribution in [0.25, 0.3) is 0 Å². The van der Waals surface area contributed by atoms with Crippen LogP contribution in [0.2, 0.25) is 0 Å². The molecule has 118 valence electrons. The molecular weight excluding hydrogens is 300 g/mol. The third-order valence-electron chi connectivity index (χ3n) is 2.83. The Hall–Kier alpha value is -1.92. The average molecular weight is 320 g/mol. The number of amides is 2. The first-order valence-electron chi connectivity index (χ1n) is 7.08. The van der Waals surface area contributed by atoms with Crippen molar-refractivity contribution in [2.24, 2.45) is 0 Å². The van der Waals surface area contributed by atoms with Crippen molar-refractivity contribution < 1.29 is 14.3 Å². The van der Waals surface area contributed by atoms with E-state index in [0.717, 1.165) is 10.6 Å². The van der Waals surface area contributed by atoms with Gasteiger partial charge >= 0.3 is 6.03 Å². The molecule has 0 spiro atoms. The molecule has 0 saturated carbocycles. The fourth-order valence-electron chi connectivity index (χ4n) is 1.86. The summed E-state index contributed by atoms with van der Waals surface area (Å²) in [5, 5.41) is 15.7. The van der Waals surface area contributed by atoms with Crippen molar-refractivity contribution in [1.82, 2.24) is 5.32 Å². The Labute approximate surface area is 134 Å². The summed E-state index contributed by atoms with van der Waals surface area (Å²) in [6.45, 7) is 4.28. The molecule has 0 bridgehead atoms. The van der Waals surface area contributed by atoms with E-state index in [-0.39, 0.29) is 12.6 Å². The summed E-state index contributed by atoms with van der Waals surface area (Å²) >= 11 is 1.68. The van der Waals surface area contributed by atoms with Crippen LogP contribution in [-0.2, 0) is 0 Å². The number of carbonyl (C=O) groups is 1. The Kier molecular flexibility index (Phi) is 5.91. The normalized spacial score (nSPS) is 12.2. The number of hydrogen-bond acceptors (Lipinski definition) is 4. The summed E-state index contributed by atoms with van der Waals surface area (Å²) in [5.74, 6) is 0.427. The van der Waals surface area contributed by atoms with Crippen LogP contribution in [0.5, 0.6) is 0 Å². The zero-order valence-corrected chi connectivity index (χ0v) is 13.4. The number of carbonyl (C=O) groups excluding carboxylic acids is 1. The van der Waals surface area contributed by atoms with Crippen LogP contribution >= 0.6 is 11.8 Å². The molecule has 3 N–H and O–H groups in total. The minimum Gasteiger partial charge on any atom is -0.467 e. The van der Waals surface area contributed by atoms with Gasteiger partial charge in [-0.15, -0.1) is 11.8 Å². The van der Waals surface area contributed by atoms with Crippen molar-refractivity contribution in [3.8, 4) is 0 Å². The van der Waals surface area contributed by atoms with Crippen LogP contribution in [0.15, 0.2) is 52.0 Å². The number of anilines is 1. The topological polar surface area (TPSA) is 74.5 Å². The molecule has 22 heavy (non-hydrogen) atoms. The molecule has 0 radical (unpaired) electrons. The van der Waals surface area contributed by atoms with Crippen molar-refractivity contribution in [1.29, 1.82) is 0 Å². The molecule has 0 aliphatic heterocycles. The first-order chi connectivity index (χ1) is 10.6. The fraction of sp³-hybridized carbons (Fsp3) is 0.312. The van der Waals surface area contributed by atoms with Gasteiger partial charge in [0, 0.05) is 10.1 Å². The molecule has 6 heteroatoms. The zero-order chi connectivity index (χ0) is 15.9. The predicted molar refractivity (Wildman–Crippen MR) is 88.1 cm³/mol. The van der Waals surface area contributed by atoms with Crippen LogP contribution in [0.4, 0.5) is 10.5 Å². The largest absolute Gasteiger partial charge is 0.467 e. The van der Waals surface area contributed by atoms with Gasteiger partial charge in [-0.3, -0.25) is 0 Å². The maximum Gasteiger partial charge on any atom is 0.319 e. The van der Waals surface area contributed by atoms with Gasteiger partial charge < -0.3 is 20.2 Å². The van der Waals surface area contributed by atoms with Crippen LogP contribution in [0, 0.1) is 0 Å². The second-order valence-corrected chi connectivity index (χ2v) is 6.65. The van der Waals surface area contributed by atoms with Crippen LogP contribution in [0.3, 0.4) is 0 Å². The smallest absolute Gasteiger partial charge is 0.319 e. The Morgan fingerprint density at radius 2 is 2.05 bits per heavy atom. The summed E-state index contributed by atoms with van der Waals surface area (Å²) in [4.78, 5) is 13.0. The van der Waals surface area contributed by atoms with E-state index in [0.29, 0.717) is 11.0 Å². The molecule has 1 unspecified atom stereocenters. The van der Waals surface area contributed by atoms with E-state index in [1.54, 1.807) is 23.9 Å². The number of urea groups is 1. The SMILES string of the molecule is CC(C)Sc1ccccc1NC(=O)NCC(O)c1ccco1. The van der Waals surface area contributed by atoms with Gasteiger partial charge in [0.25, 0.3) is 0 Å². The lowest BCUT2D eigenvalue weighted by atomic mass is 10.3. The highest BCUT2D eigenvalue weighted by molar-refractivity contribution is 8.00. The van der Waals surface area contributed by atoms with Gasteiger partial charge in [-0.1, -0.05) is 26.0 Å². The maximum atomic E-state index is 12.0. The third kappa shape index (κ3) is 4.82. The van der Waals surface area contributed by atoms with Gasteiger partial charge in [-0.25, -0.2) is 4.79 Å². The number of thioether (sulfide) groups is 1. The Morgan fingerprint density at radius 1 is 1.27 bits per heavy atom. The summed E-state index contributed by atoms with van der Waals surface area (Å²) in [6.07, 6.45) is 0.624. The number of aliphatic hydroxyl groups is 1. The first kappa shape index (κ1) is 16.5. The average Bonchev–Trinajstić information content (AvgIpc) is 3.00. The van der Waals surface area contributed by atoms with Crippen molar-refractivity contribution >= 4 is 23.5 Å². The molecule has 1 aromatic heterocycles. The van der Waals surface area contributed by atoms with Crippen LogP contribution in [-0.4, -0.2) is 22.9 Å². The molecule has 2 rings (SSSR count). The van der Waals surface area contributed by atoms with E-state index in [4.69, 9.17) is 4.42 Å². The van der Waals surface area contributed by atoms with Gasteiger partial charge in [-0.05, 0) is 24.3 Å². The fourth-order valence-corrected chi connectivity index (χ4v) is 2.77. The van der Waals surface area contributed by atoms with E-state index in [1.165, 1.54) is 6.26 Å². The maximum absolute atomic E-state index is 12.0. The lowest BCUT2D eigenvalue weighted by molar-refractivity contribution is 0.149. The number of hydrogen-bond donors (Lipinski definition) is 3. The Bertz CT molecular complexity index is 599. The van der Waals surface area contributed by atoms with Crippen molar-refractivity contribution in [2.45, 2.75) is 30.1 Å². The van der Waals surface area contributed by atoms with Crippen molar-refractivity contribution in [3.63, 3.8) is 0 Å². The molecular formula is C16H20N2O3S. The zero-order valence-electron chi connectivity index (χ0n) is 12.6. The third-order valence-corrected chi connectivity index (χ3v) is 3.91. The molecule has 1 heterocycles. The summed E-state index contributed by atoms with van der Waals surface area (Å²) < 4.78 is 5.08. The van der Waals surface area contributed by atoms with Crippen LogP contribution < -0.4 is 10.6 Å². The van der Waals surface area contributed by atoms with E-state index in [9.17, 15) is 9.90 Å². The van der Waals surface area contributed by atoms with Gasteiger partial charge in [-0.2, -0.15) is 0 Å². The van der Waals surface area contributed by atoms with Crippen molar-refractivity contribution in [3.05, 3.63) is 48.4 Å². The number of furan rings is 1. The highest BCUT2D eigenvalue weighted by Crippen LogP contribution is 2.29. The molecule has 2 amide bonds. The van der Waals surface area contributed by atoms with Crippen molar-refractivity contribution in [2.75, 3.05) is 11.9 Å². The molecule has 0 aliphatic rings. The van der Waals surface area contributed by atoms with Gasteiger partial charge in [0.15, 0.2) is 0 Å². The summed E-state index contributed by atoms with van der Waals surface area (Å²) in [7, 11) is 0. The highest BCUT2D eigenvalue weighted by Gasteiger charge is 2.13. The summed E-state index contributed by atoms with van der Waals surface area (Å²) in [6, 6.07) is 10.6. The van der Waals surface area contributed by atoms with E-state index >= 15 is 0 Å². The first-order valence-corrected chi connectivity index (χ1v) is 7.96. The quantitative estimate of drug-likeness (QED) is 0.710. The second-order valence-electron chi connectivity index (χ2n) is 5.03. The lowest BCUT2D eigenvalue weighted by Gasteiger charge is -2.14. The molecule has 1 atom stereocenters. The number of benzene rings is 1. The van der Waals surface area contributed by atoms with Gasteiger partial charge in [0.05, 0.1) is 18.5 Å². The standard InChI is InChI=1S/C16H20N2O3S/c1-11(2)22-15-8-4-3-6-12(15)18-16(20)17-10-13(19)14-7-5-9-21-14/h3-9,11,13,19H,10H2,1-2H3,(H2,17,18,20). The minimum atomic E-state index is -0.860. The monoisotopic (exact) mass is 320 g/mol. The van der Waals surface area contributed by atoms with Gasteiger partial charge in [0.1, 0.15) is 11.9 Å². The van der Waals surface area contributed by atoms with E-state index in [1.807, 2.05) is 24.3 Å². The molecule has 1 aromatic carbocycles. The number of nitrogens with one attached hydrogen (secondary N) is 2. The molecule has 0 saturated heterocycles. The molecule has 0 fully saturated rings. The second kappa shape index (κ2) is 7.91. The molecule has 0 aliphatic carbocycles. The van der Waals surface area contributed by atoms with E-state index in [2.05, 4.69) is 24.5 Å².